The normalized spacial score (nSPS) is 14.7. The van der Waals surface area contributed by atoms with Gasteiger partial charge in [-0.05, 0) is 43.4 Å². The fraction of sp³-hybridized carbons (Fsp3) is 0.421. The van der Waals surface area contributed by atoms with Gasteiger partial charge in [-0.25, -0.2) is 0 Å². The lowest BCUT2D eigenvalue weighted by Crippen LogP contribution is -2.31. The summed E-state index contributed by atoms with van der Waals surface area (Å²) in [4.78, 5) is 12.5. The third-order valence-electron chi connectivity index (χ3n) is 4.43. The molecule has 138 valence electrons. The molecule has 1 unspecified atom stereocenters. The van der Waals surface area contributed by atoms with Crippen LogP contribution in [0.25, 0.3) is 0 Å². The van der Waals surface area contributed by atoms with Gasteiger partial charge < -0.3 is 14.6 Å². The van der Waals surface area contributed by atoms with Crippen molar-refractivity contribution in [2.24, 2.45) is 5.92 Å². The van der Waals surface area contributed by atoms with Crippen molar-refractivity contribution in [1.82, 2.24) is 20.1 Å². The molecule has 0 radical (unpaired) electrons. The van der Waals surface area contributed by atoms with Crippen LogP contribution in [-0.4, -0.2) is 33.5 Å². The van der Waals surface area contributed by atoms with Crippen molar-refractivity contribution in [3.63, 3.8) is 0 Å². The van der Waals surface area contributed by atoms with Gasteiger partial charge in [0.2, 0.25) is 5.91 Å². The number of thioether (sulfide) groups is 1. The number of methoxy groups -OCH3 is 1. The maximum atomic E-state index is 12.5. The van der Waals surface area contributed by atoms with Gasteiger partial charge >= 0.3 is 0 Å². The molecule has 0 bridgehead atoms. The first kappa shape index (κ1) is 18.5. The van der Waals surface area contributed by atoms with E-state index in [4.69, 9.17) is 4.74 Å². The number of allylic oxidation sites excluding steroid dienone is 1. The topological polar surface area (TPSA) is 69.0 Å². The van der Waals surface area contributed by atoms with Crippen LogP contribution in [0.3, 0.4) is 0 Å². The lowest BCUT2D eigenvalue weighted by atomic mass is 10.0. The largest absolute Gasteiger partial charge is 0.497 e. The molecule has 1 aliphatic rings. The summed E-state index contributed by atoms with van der Waals surface area (Å²) in [7, 11) is 1.65. The average Bonchev–Trinajstić information content (AvgIpc) is 3.44. The highest BCUT2D eigenvalue weighted by Crippen LogP contribution is 2.41. The van der Waals surface area contributed by atoms with Crippen LogP contribution in [0.15, 0.2) is 42.1 Å². The number of benzene rings is 1. The van der Waals surface area contributed by atoms with Gasteiger partial charge in [-0.15, -0.1) is 16.8 Å². The van der Waals surface area contributed by atoms with Gasteiger partial charge in [-0.3, -0.25) is 4.79 Å². The molecule has 0 aliphatic heterocycles. The summed E-state index contributed by atoms with van der Waals surface area (Å²) in [5.74, 6) is 2.48. The molecule has 1 N–H and O–H groups in total. The van der Waals surface area contributed by atoms with Gasteiger partial charge in [-0.2, -0.15) is 0 Å². The Bertz CT molecular complexity index is 768. The number of nitrogens with one attached hydrogen (secondary N) is 1. The molecule has 6 nitrogen and oxygen atoms in total. The zero-order chi connectivity index (χ0) is 18.5. The first-order valence-corrected chi connectivity index (χ1v) is 9.67. The number of amides is 1. The smallest absolute Gasteiger partial charge is 0.230 e. The summed E-state index contributed by atoms with van der Waals surface area (Å²) in [6, 6.07) is 7.98. The summed E-state index contributed by atoms with van der Waals surface area (Å²) in [5.41, 5.74) is 1.12. The molecule has 1 amide bonds. The number of hydrogen-bond acceptors (Lipinski definition) is 5. The first-order valence-electron chi connectivity index (χ1n) is 8.69. The Morgan fingerprint density at radius 2 is 2.15 bits per heavy atom. The van der Waals surface area contributed by atoms with Gasteiger partial charge in [0.1, 0.15) is 11.6 Å². The predicted molar refractivity (Wildman–Crippen MR) is 102 cm³/mol. The fourth-order valence-electron chi connectivity index (χ4n) is 2.87. The summed E-state index contributed by atoms with van der Waals surface area (Å²) in [6.45, 7) is 6.29. The molecule has 1 fully saturated rings. The molecule has 7 heteroatoms. The molecular formula is C19H24N4O2S. The van der Waals surface area contributed by atoms with E-state index >= 15 is 0 Å². The minimum Gasteiger partial charge on any atom is -0.497 e. The van der Waals surface area contributed by atoms with Crippen LogP contribution in [0.5, 0.6) is 5.75 Å². The maximum Gasteiger partial charge on any atom is 0.230 e. The predicted octanol–water partition coefficient (Wildman–Crippen LogP) is 3.14. The van der Waals surface area contributed by atoms with Crippen molar-refractivity contribution >= 4 is 17.7 Å². The molecule has 1 heterocycles. The summed E-state index contributed by atoms with van der Waals surface area (Å²) >= 11 is 1.40. The van der Waals surface area contributed by atoms with E-state index in [1.807, 2.05) is 35.8 Å². The summed E-state index contributed by atoms with van der Waals surface area (Å²) < 4.78 is 7.16. The van der Waals surface area contributed by atoms with Crippen LogP contribution in [-0.2, 0) is 11.3 Å². The number of ether oxygens (including phenoxy) is 1. The molecule has 1 saturated carbocycles. The number of nitrogens with zero attached hydrogens (tertiary/aromatic N) is 3. The minimum absolute atomic E-state index is 0.00789. The van der Waals surface area contributed by atoms with E-state index < -0.39 is 0 Å². The van der Waals surface area contributed by atoms with Crippen LogP contribution in [0.2, 0.25) is 0 Å². The molecule has 2 aromatic rings. The summed E-state index contributed by atoms with van der Waals surface area (Å²) in [5, 5.41) is 12.1. The number of hydrogen-bond donors (Lipinski definition) is 1. The van der Waals surface area contributed by atoms with Crippen molar-refractivity contribution in [3.8, 4) is 5.75 Å². The molecule has 0 saturated heterocycles. The Morgan fingerprint density at radius 1 is 1.42 bits per heavy atom. The van der Waals surface area contributed by atoms with Crippen molar-refractivity contribution in [2.75, 3.05) is 12.9 Å². The number of carbonyl (C=O) groups is 1. The van der Waals surface area contributed by atoms with Crippen molar-refractivity contribution in [2.45, 2.75) is 37.5 Å². The SMILES string of the molecule is C=CCn1c(C)nnc1SCC(=O)NC(c1ccc(OC)cc1)C1CC1. The zero-order valence-electron chi connectivity index (χ0n) is 15.1. The fourth-order valence-corrected chi connectivity index (χ4v) is 3.67. The van der Waals surface area contributed by atoms with Crippen molar-refractivity contribution < 1.29 is 9.53 Å². The van der Waals surface area contributed by atoms with E-state index in [1.54, 1.807) is 13.2 Å². The first-order chi connectivity index (χ1) is 12.6. The Balaban J connectivity index is 1.61. The van der Waals surface area contributed by atoms with Crippen LogP contribution < -0.4 is 10.1 Å². The van der Waals surface area contributed by atoms with E-state index in [0.29, 0.717) is 18.2 Å². The van der Waals surface area contributed by atoms with E-state index in [1.165, 1.54) is 11.8 Å². The van der Waals surface area contributed by atoms with Gasteiger partial charge in [-0.1, -0.05) is 30.0 Å². The molecule has 26 heavy (non-hydrogen) atoms. The highest BCUT2D eigenvalue weighted by molar-refractivity contribution is 7.99. The van der Waals surface area contributed by atoms with Gasteiger partial charge in [0, 0.05) is 6.54 Å². The number of aryl methyl sites for hydroxylation is 1. The van der Waals surface area contributed by atoms with Gasteiger partial charge in [0.25, 0.3) is 0 Å². The standard InChI is InChI=1S/C19H24N4O2S/c1-4-11-23-13(2)21-22-19(23)26-12-17(24)20-18(14-5-6-14)15-7-9-16(25-3)10-8-15/h4,7-10,14,18H,1,5-6,11-12H2,2-3H3,(H,20,24). The maximum absolute atomic E-state index is 12.5. The Hall–Kier alpha value is -2.28. The second kappa shape index (κ2) is 8.40. The second-order valence-corrected chi connectivity index (χ2v) is 7.32. The molecule has 0 spiro atoms. The van der Waals surface area contributed by atoms with E-state index in [-0.39, 0.29) is 11.9 Å². The van der Waals surface area contributed by atoms with Crippen LogP contribution >= 0.6 is 11.8 Å². The van der Waals surface area contributed by atoms with Crippen LogP contribution in [0.4, 0.5) is 0 Å². The van der Waals surface area contributed by atoms with Gasteiger partial charge in [0.05, 0.1) is 18.9 Å². The molecule has 1 atom stereocenters. The zero-order valence-corrected chi connectivity index (χ0v) is 16.0. The Labute approximate surface area is 158 Å². The molecule has 1 aliphatic carbocycles. The highest BCUT2D eigenvalue weighted by atomic mass is 32.2. The highest BCUT2D eigenvalue weighted by Gasteiger charge is 2.33. The molecule has 3 rings (SSSR count). The Morgan fingerprint density at radius 3 is 2.77 bits per heavy atom. The third-order valence-corrected chi connectivity index (χ3v) is 5.40. The average molecular weight is 372 g/mol. The van der Waals surface area contributed by atoms with Crippen molar-refractivity contribution in [3.05, 3.63) is 48.3 Å². The number of carbonyl (C=O) groups excluding carboxylic acids is 1. The Kier molecular flexibility index (Phi) is 5.98. The van der Waals surface area contributed by atoms with E-state index in [2.05, 4.69) is 22.1 Å². The van der Waals surface area contributed by atoms with Gasteiger partial charge in [0.15, 0.2) is 5.16 Å². The van der Waals surface area contributed by atoms with Crippen molar-refractivity contribution in [1.29, 1.82) is 0 Å². The quantitative estimate of drug-likeness (QED) is 0.541. The minimum atomic E-state index is 0.00789. The van der Waals surface area contributed by atoms with E-state index in [0.717, 1.165) is 35.1 Å². The van der Waals surface area contributed by atoms with E-state index in [9.17, 15) is 4.79 Å². The van der Waals surface area contributed by atoms with Crippen LogP contribution in [0, 0.1) is 12.8 Å². The third kappa shape index (κ3) is 4.46. The molecule has 1 aromatic heterocycles. The van der Waals surface area contributed by atoms with Crippen LogP contribution in [0.1, 0.15) is 30.3 Å². The summed E-state index contributed by atoms with van der Waals surface area (Å²) in [6.07, 6.45) is 4.10. The number of aromatic nitrogens is 3. The molecular weight excluding hydrogens is 348 g/mol. The second-order valence-electron chi connectivity index (χ2n) is 6.37. The lowest BCUT2D eigenvalue weighted by molar-refractivity contribution is -0.119. The lowest BCUT2D eigenvalue weighted by Gasteiger charge is -2.19. The molecule has 1 aromatic carbocycles. The monoisotopic (exact) mass is 372 g/mol. The number of rotatable bonds is 9.